The van der Waals surface area contributed by atoms with Crippen molar-refractivity contribution in [1.82, 2.24) is 4.90 Å². The van der Waals surface area contributed by atoms with Crippen LogP contribution in [0, 0.1) is 5.82 Å². The number of halogens is 1. The molecule has 1 aromatic rings. The minimum Gasteiger partial charge on any atom is -0.300 e. The van der Waals surface area contributed by atoms with Crippen LogP contribution in [0.3, 0.4) is 0 Å². The Morgan fingerprint density at radius 2 is 1.81 bits per heavy atom. The monoisotopic (exact) mass is 219 g/mol. The third-order valence-electron chi connectivity index (χ3n) is 3.92. The fraction of sp³-hybridized carbons (Fsp3) is 0.571. The Morgan fingerprint density at radius 3 is 2.56 bits per heavy atom. The van der Waals surface area contributed by atoms with Crippen molar-refractivity contribution in [3.8, 4) is 0 Å². The Hall–Kier alpha value is -0.890. The van der Waals surface area contributed by atoms with Crippen molar-refractivity contribution >= 4 is 0 Å². The first kappa shape index (κ1) is 10.3. The second-order valence-electron chi connectivity index (χ2n) is 5.03. The summed E-state index contributed by atoms with van der Waals surface area (Å²) >= 11 is 0. The average Bonchev–Trinajstić information content (AvgIpc) is 3.11. The van der Waals surface area contributed by atoms with E-state index in [2.05, 4.69) is 4.90 Å². The molecule has 1 aliphatic heterocycles. The van der Waals surface area contributed by atoms with Gasteiger partial charge in [-0.15, -0.1) is 0 Å². The Balaban J connectivity index is 1.69. The fourth-order valence-electron chi connectivity index (χ4n) is 2.95. The van der Waals surface area contributed by atoms with Crippen molar-refractivity contribution in [2.45, 2.75) is 37.6 Å². The van der Waals surface area contributed by atoms with E-state index in [1.54, 1.807) is 12.1 Å². The smallest absolute Gasteiger partial charge is 0.126 e. The van der Waals surface area contributed by atoms with Crippen molar-refractivity contribution < 1.29 is 4.39 Å². The summed E-state index contributed by atoms with van der Waals surface area (Å²) in [5, 5.41) is 0. The van der Waals surface area contributed by atoms with Crippen LogP contribution < -0.4 is 0 Å². The van der Waals surface area contributed by atoms with Gasteiger partial charge in [-0.25, -0.2) is 4.39 Å². The van der Waals surface area contributed by atoms with Gasteiger partial charge in [-0.05, 0) is 44.0 Å². The van der Waals surface area contributed by atoms with Crippen LogP contribution >= 0.6 is 0 Å². The second kappa shape index (κ2) is 4.17. The van der Waals surface area contributed by atoms with E-state index in [4.69, 9.17) is 0 Å². The SMILES string of the molecule is Fc1ccccc1[C@@H]1C[C@H]1N1CCCCC1. The maximum absolute atomic E-state index is 13.6. The highest BCUT2D eigenvalue weighted by Crippen LogP contribution is 2.46. The lowest BCUT2D eigenvalue weighted by molar-refractivity contribution is 0.215. The average molecular weight is 219 g/mol. The zero-order chi connectivity index (χ0) is 11.0. The number of nitrogens with zero attached hydrogens (tertiary/aromatic N) is 1. The Labute approximate surface area is 96.3 Å². The van der Waals surface area contributed by atoms with Gasteiger partial charge in [0.1, 0.15) is 5.82 Å². The van der Waals surface area contributed by atoms with E-state index in [9.17, 15) is 4.39 Å². The van der Waals surface area contributed by atoms with E-state index in [0.717, 1.165) is 12.0 Å². The highest BCUT2D eigenvalue weighted by molar-refractivity contribution is 5.29. The van der Waals surface area contributed by atoms with Crippen molar-refractivity contribution in [2.75, 3.05) is 13.1 Å². The number of benzene rings is 1. The van der Waals surface area contributed by atoms with Crippen molar-refractivity contribution in [3.05, 3.63) is 35.6 Å². The molecule has 0 bridgehead atoms. The minimum atomic E-state index is -0.0213. The fourth-order valence-corrected chi connectivity index (χ4v) is 2.95. The van der Waals surface area contributed by atoms with E-state index < -0.39 is 0 Å². The number of hydrogen-bond donors (Lipinski definition) is 0. The van der Waals surface area contributed by atoms with Gasteiger partial charge in [-0.1, -0.05) is 24.6 Å². The van der Waals surface area contributed by atoms with Gasteiger partial charge in [-0.3, -0.25) is 4.90 Å². The first-order valence-electron chi connectivity index (χ1n) is 6.35. The summed E-state index contributed by atoms with van der Waals surface area (Å²) in [7, 11) is 0. The molecule has 16 heavy (non-hydrogen) atoms. The zero-order valence-electron chi connectivity index (χ0n) is 9.53. The largest absolute Gasteiger partial charge is 0.300 e. The number of piperidine rings is 1. The van der Waals surface area contributed by atoms with E-state index >= 15 is 0 Å². The quantitative estimate of drug-likeness (QED) is 0.738. The third-order valence-corrected chi connectivity index (χ3v) is 3.92. The summed E-state index contributed by atoms with van der Waals surface area (Å²) in [6, 6.07) is 7.88. The predicted molar refractivity (Wildman–Crippen MR) is 63.0 cm³/mol. The van der Waals surface area contributed by atoms with Gasteiger partial charge in [-0.2, -0.15) is 0 Å². The molecule has 0 amide bonds. The van der Waals surface area contributed by atoms with Crippen LogP contribution in [0.2, 0.25) is 0 Å². The maximum atomic E-state index is 13.6. The van der Waals surface area contributed by atoms with Gasteiger partial charge in [0.25, 0.3) is 0 Å². The molecule has 0 aromatic heterocycles. The molecule has 1 saturated carbocycles. The summed E-state index contributed by atoms with van der Waals surface area (Å²) in [4.78, 5) is 2.56. The topological polar surface area (TPSA) is 3.24 Å². The van der Waals surface area contributed by atoms with Gasteiger partial charge >= 0.3 is 0 Å². The Bertz CT molecular complexity index is 371. The van der Waals surface area contributed by atoms with Crippen molar-refractivity contribution in [1.29, 1.82) is 0 Å². The van der Waals surface area contributed by atoms with Crippen LogP contribution in [0.5, 0.6) is 0 Å². The molecular formula is C14H18FN. The molecule has 2 atom stereocenters. The molecule has 2 fully saturated rings. The van der Waals surface area contributed by atoms with Gasteiger partial charge in [0.2, 0.25) is 0 Å². The number of likely N-dealkylation sites (tertiary alicyclic amines) is 1. The molecule has 3 rings (SSSR count). The van der Waals surface area contributed by atoms with Crippen LogP contribution in [0.25, 0.3) is 0 Å². The first-order chi connectivity index (χ1) is 7.86. The Morgan fingerprint density at radius 1 is 1.06 bits per heavy atom. The summed E-state index contributed by atoms with van der Waals surface area (Å²) in [5.41, 5.74) is 0.929. The van der Waals surface area contributed by atoms with Gasteiger partial charge in [0, 0.05) is 12.0 Å². The highest BCUT2D eigenvalue weighted by Gasteiger charge is 2.43. The normalized spacial score (nSPS) is 30.3. The summed E-state index contributed by atoms with van der Waals surface area (Å²) in [5.74, 6) is 0.436. The molecule has 2 heteroatoms. The van der Waals surface area contributed by atoms with Crippen LogP contribution in [0.15, 0.2) is 24.3 Å². The highest BCUT2D eigenvalue weighted by atomic mass is 19.1. The molecule has 1 aliphatic carbocycles. The molecule has 2 aliphatic rings. The number of hydrogen-bond acceptors (Lipinski definition) is 1. The lowest BCUT2D eigenvalue weighted by atomic mass is 10.1. The van der Waals surface area contributed by atoms with E-state index in [1.165, 1.54) is 32.4 Å². The van der Waals surface area contributed by atoms with E-state index in [-0.39, 0.29) is 5.82 Å². The zero-order valence-corrected chi connectivity index (χ0v) is 9.53. The molecule has 1 saturated heterocycles. The van der Waals surface area contributed by atoms with Gasteiger partial charge in [0.15, 0.2) is 0 Å². The van der Waals surface area contributed by atoms with Gasteiger partial charge in [0.05, 0.1) is 0 Å². The van der Waals surface area contributed by atoms with E-state index in [0.29, 0.717) is 12.0 Å². The lowest BCUT2D eigenvalue weighted by Gasteiger charge is -2.26. The van der Waals surface area contributed by atoms with E-state index in [1.807, 2.05) is 12.1 Å². The van der Waals surface area contributed by atoms with Crippen LogP contribution in [-0.4, -0.2) is 24.0 Å². The predicted octanol–water partition coefficient (Wildman–Crippen LogP) is 3.17. The summed E-state index contributed by atoms with van der Waals surface area (Å²) < 4.78 is 13.6. The molecule has 0 spiro atoms. The summed E-state index contributed by atoms with van der Waals surface area (Å²) in [6.45, 7) is 2.44. The maximum Gasteiger partial charge on any atom is 0.126 e. The van der Waals surface area contributed by atoms with Crippen molar-refractivity contribution in [2.24, 2.45) is 0 Å². The minimum absolute atomic E-state index is 0.0213. The van der Waals surface area contributed by atoms with Crippen molar-refractivity contribution in [3.63, 3.8) is 0 Å². The molecular weight excluding hydrogens is 201 g/mol. The number of rotatable bonds is 2. The molecule has 0 unspecified atom stereocenters. The molecule has 0 radical (unpaired) electrons. The van der Waals surface area contributed by atoms with Crippen LogP contribution in [0.1, 0.15) is 37.2 Å². The molecule has 1 heterocycles. The second-order valence-corrected chi connectivity index (χ2v) is 5.03. The first-order valence-corrected chi connectivity index (χ1v) is 6.35. The Kier molecular flexibility index (Phi) is 2.68. The molecule has 1 aromatic carbocycles. The van der Waals surface area contributed by atoms with Crippen LogP contribution in [0.4, 0.5) is 4.39 Å². The third kappa shape index (κ3) is 1.86. The summed E-state index contributed by atoms with van der Waals surface area (Å²) in [6.07, 6.45) is 5.16. The lowest BCUT2D eigenvalue weighted by Crippen LogP contribution is -2.32. The standard InChI is InChI=1S/C14H18FN/c15-13-7-3-2-6-11(13)12-10-14(12)16-8-4-1-5-9-16/h2-3,6-7,12,14H,1,4-5,8-10H2/t12-,14+/m0/s1. The molecule has 0 N–H and O–H groups in total. The van der Waals surface area contributed by atoms with Crippen LogP contribution in [-0.2, 0) is 0 Å². The molecule has 1 nitrogen and oxygen atoms in total. The molecule has 86 valence electrons. The van der Waals surface area contributed by atoms with Gasteiger partial charge < -0.3 is 0 Å².